The third-order valence-corrected chi connectivity index (χ3v) is 5.82. The van der Waals surface area contributed by atoms with Gasteiger partial charge in [-0.25, -0.2) is 0 Å². The molecule has 1 saturated heterocycles. The summed E-state index contributed by atoms with van der Waals surface area (Å²) in [5, 5.41) is 0. The highest BCUT2D eigenvalue weighted by molar-refractivity contribution is 5.69. The van der Waals surface area contributed by atoms with Crippen molar-refractivity contribution >= 4 is 5.97 Å². The number of ether oxygens (including phenoxy) is 1. The van der Waals surface area contributed by atoms with E-state index in [0.29, 0.717) is 18.3 Å². The van der Waals surface area contributed by atoms with Crippen molar-refractivity contribution in [2.24, 2.45) is 5.92 Å². The van der Waals surface area contributed by atoms with E-state index < -0.39 is 0 Å². The topological polar surface area (TPSA) is 51.5 Å². The van der Waals surface area contributed by atoms with E-state index in [1.165, 1.54) is 7.11 Å². The standard InChI is InChI=1S/C22H26N2O3/c1-27-22(26)8-5-9-23-13-16-10-19(15-23)20-11-18(12-21(25)24(20)14-16)17-6-3-2-4-7-17/h2-4,6-7,11-12,16,19H,5,8-10,13-15H2,1H3/t16-,19+/m0/s1. The molecule has 0 spiro atoms. The number of rotatable bonds is 5. The van der Waals surface area contributed by atoms with Crippen LogP contribution in [0.2, 0.25) is 0 Å². The molecule has 5 nitrogen and oxygen atoms in total. The predicted octanol–water partition coefficient (Wildman–Crippen LogP) is 2.89. The monoisotopic (exact) mass is 366 g/mol. The highest BCUT2D eigenvalue weighted by Gasteiger charge is 2.34. The number of hydrogen-bond acceptors (Lipinski definition) is 4. The van der Waals surface area contributed by atoms with Crippen molar-refractivity contribution in [1.29, 1.82) is 0 Å². The van der Waals surface area contributed by atoms with Crippen LogP contribution in [0.1, 0.15) is 30.9 Å². The molecule has 0 radical (unpaired) electrons. The molecular formula is C22H26N2O3. The largest absolute Gasteiger partial charge is 0.469 e. The van der Waals surface area contributed by atoms with Crippen LogP contribution in [0.5, 0.6) is 0 Å². The Morgan fingerprint density at radius 1 is 1.11 bits per heavy atom. The van der Waals surface area contributed by atoms with Crippen molar-refractivity contribution < 1.29 is 9.53 Å². The van der Waals surface area contributed by atoms with Crippen molar-refractivity contribution in [1.82, 2.24) is 9.47 Å². The summed E-state index contributed by atoms with van der Waals surface area (Å²) in [5.41, 5.74) is 3.37. The number of nitrogens with zero attached hydrogens (tertiary/aromatic N) is 2. The van der Waals surface area contributed by atoms with Gasteiger partial charge in [0, 0.05) is 43.7 Å². The highest BCUT2D eigenvalue weighted by atomic mass is 16.5. The van der Waals surface area contributed by atoms with Crippen LogP contribution in [0.3, 0.4) is 0 Å². The lowest BCUT2D eigenvalue weighted by Gasteiger charge is -2.43. The van der Waals surface area contributed by atoms with Gasteiger partial charge in [-0.2, -0.15) is 0 Å². The number of likely N-dealkylation sites (tertiary alicyclic amines) is 1. The number of aromatic nitrogens is 1. The lowest BCUT2D eigenvalue weighted by molar-refractivity contribution is -0.140. The van der Waals surface area contributed by atoms with Crippen molar-refractivity contribution in [3.05, 3.63) is 58.5 Å². The molecule has 5 heteroatoms. The lowest BCUT2D eigenvalue weighted by atomic mass is 9.82. The average molecular weight is 366 g/mol. The van der Waals surface area contributed by atoms with E-state index in [1.54, 1.807) is 6.07 Å². The first-order valence-corrected chi connectivity index (χ1v) is 9.73. The fourth-order valence-corrected chi connectivity index (χ4v) is 4.59. The summed E-state index contributed by atoms with van der Waals surface area (Å²) in [7, 11) is 1.44. The molecule has 3 heterocycles. The first-order valence-electron chi connectivity index (χ1n) is 9.73. The Morgan fingerprint density at radius 3 is 2.70 bits per heavy atom. The second-order valence-corrected chi connectivity index (χ2v) is 7.72. The molecule has 2 aromatic rings. The van der Waals surface area contributed by atoms with Gasteiger partial charge in [-0.05, 0) is 42.5 Å². The van der Waals surface area contributed by atoms with E-state index in [-0.39, 0.29) is 11.5 Å². The fourth-order valence-electron chi connectivity index (χ4n) is 4.59. The summed E-state index contributed by atoms with van der Waals surface area (Å²) in [6, 6.07) is 14.1. The number of hydrogen-bond donors (Lipinski definition) is 0. The second-order valence-electron chi connectivity index (χ2n) is 7.72. The Balaban J connectivity index is 1.54. The van der Waals surface area contributed by atoms with Gasteiger partial charge in [0.1, 0.15) is 0 Å². The van der Waals surface area contributed by atoms with Gasteiger partial charge in [-0.15, -0.1) is 0 Å². The molecule has 4 rings (SSSR count). The highest BCUT2D eigenvalue weighted by Crippen LogP contribution is 2.36. The summed E-state index contributed by atoms with van der Waals surface area (Å²) in [4.78, 5) is 26.5. The van der Waals surface area contributed by atoms with Crippen LogP contribution in [-0.2, 0) is 16.1 Å². The lowest BCUT2D eigenvalue weighted by Crippen LogP contribution is -2.47. The van der Waals surface area contributed by atoms with Crippen molar-refractivity contribution in [3.63, 3.8) is 0 Å². The molecule has 2 bridgehead atoms. The molecule has 27 heavy (non-hydrogen) atoms. The number of esters is 1. The van der Waals surface area contributed by atoms with Gasteiger partial charge in [0.2, 0.25) is 0 Å². The normalized spacial score (nSPS) is 21.5. The summed E-state index contributed by atoms with van der Waals surface area (Å²) in [6.07, 6.45) is 2.44. The van der Waals surface area contributed by atoms with E-state index >= 15 is 0 Å². The van der Waals surface area contributed by atoms with Crippen molar-refractivity contribution in [2.75, 3.05) is 26.7 Å². The molecule has 142 valence electrons. The minimum atomic E-state index is -0.142. The Labute approximate surface area is 159 Å². The summed E-state index contributed by atoms with van der Waals surface area (Å²) in [6.45, 7) is 3.66. The first kappa shape index (κ1) is 18.0. The quantitative estimate of drug-likeness (QED) is 0.764. The van der Waals surface area contributed by atoms with Crippen LogP contribution in [0.25, 0.3) is 11.1 Å². The number of methoxy groups -OCH3 is 1. The van der Waals surface area contributed by atoms with Gasteiger partial charge in [0.25, 0.3) is 5.56 Å². The van der Waals surface area contributed by atoms with Crippen LogP contribution in [0.4, 0.5) is 0 Å². The van der Waals surface area contributed by atoms with Crippen LogP contribution in [0.15, 0.2) is 47.3 Å². The zero-order chi connectivity index (χ0) is 18.8. The molecule has 2 atom stereocenters. The van der Waals surface area contributed by atoms with E-state index in [0.717, 1.165) is 55.8 Å². The van der Waals surface area contributed by atoms with Crippen LogP contribution in [-0.4, -0.2) is 42.2 Å². The molecule has 1 aromatic heterocycles. The van der Waals surface area contributed by atoms with Gasteiger partial charge in [0.05, 0.1) is 7.11 Å². The molecule has 1 aromatic carbocycles. The number of pyridine rings is 1. The molecular weight excluding hydrogens is 340 g/mol. The molecule has 2 aliphatic rings. The van der Waals surface area contributed by atoms with E-state index in [4.69, 9.17) is 4.74 Å². The van der Waals surface area contributed by atoms with E-state index in [9.17, 15) is 9.59 Å². The predicted molar refractivity (Wildman–Crippen MR) is 105 cm³/mol. The average Bonchev–Trinajstić information content (AvgIpc) is 2.69. The van der Waals surface area contributed by atoms with Gasteiger partial charge in [-0.3, -0.25) is 9.59 Å². The van der Waals surface area contributed by atoms with Gasteiger partial charge >= 0.3 is 5.97 Å². The summed E-state index contributed by atoms with van der Waals surface area (Å²) in [5.74, 6) is 0.748. The smallest absolute Gasteiger partial charge is 0.305 e. The zero-order valence-corrected chi connectivity index (χ0v) is 15.8. The molecule has 1 fully saturated rings. The van der Waals surface area contributed by atoms with Crippen molar-refractivity contribution in [3.8, 4) is 11.1 Å². The number of carbonyl (C=O) groups excluding carboxylic acids is 1. The third kappa shape index (κ3) is 3.83. The Hall–Kier alpha value is -2.40. The second kappa shape index (κ2) is 7.69. The zero-order valence-electron chi connectivity index (χ0n) is 15.8. The van der Waals surface area contributed by atoms with Gasteiger partial charge in [-0.1, -0.05) is 30.3 Å². The SMILES string of the molecule is COC(=O)CCCN1C[C@@H]2C[C@H](C1)c1cc(-c3ccccc3)cc(=O)n1C2. The molecule has 2 aliphatic heterocycles. The summed E-state index contributed by atoms with van der Waals surface area (Å²) < 4.78 is 6.72. The maximum atomic E-state index is 12.7. The Morgan fingerprint density at radius 2 is 1.93 bits per heavy atom. The Bertz CT molecular complexity index is 875. The molecule has 0 amide bonds. The molecule has 0 aliphatic carbocycles. The first-order chi connectivity index (χ1) is 13.1. The van der Waals surface area contributed by atoms with Gasteiger partial charge < -0.3 is 14.2 Å². The number of benzene rings is 1. The third-order valence-electron chi connectivity index (χ3n) is 5.82. The van der Waals surface area contributed by atoms with Gasteiger partial charge in [0.15, 0.2) is 0 Å². The minimum Gasteiger partial charge on any atom is -0.469 e. The maximum absolute atomic E-state index is 12.7. The minimum absolute atomic E-state index is 0.111. The number of fused-ring (bicyclic) bond motifs is 4. The fraction of sp³-hybridized carbons (Fsp3) is 0.455. The van der Waals surface area contributed by atoms with Crippen LogP contribution < -0.4 is 5.56 Å². The molecule has 0 saturated carbocycles. The maximum Gasteiger partial charge on any atom is 0.305 e. The molecule has 0 N–H and O–H groups in total. The van der Waals surface area contributed by atoms with Crippen LogP contribution >= 0.6 is 0 Å². The Kier molecular flexibility index (Phi) is 5.12. The number of carbonyl (C=O) groups is 1. The van der Waals surface area contributed by atoms with E-state index in [1.807, 2.05) is 22.8 Å². The molecule has 0 unspecified atom stereocenters. The van der Waals surface area contributed by atoms with Crippen LogP contribution in [0, 0.1) is 5.92 Å². The number of piperidine rings is 1. The van der Waals surface area contributed by atoms with E-state index in [2.05, 4.69) is 23.1 Å². The van der Waals surface area contributed by atoms with Crippen molar-refractivity contribution in [2.45, 2.75) is 31.7 Å². The summed E-state index contributed by atoms with van der Waals surface area (Å²) >= 11 is 0.